The summed E-state index contributed by atoms with van der Waals surface area (Å²) >= 11 is 0. The van der Waals surface area contributed by atoms with Crippen LogP contribution in [0.3, 0.4) is 0 Å². The van der Waals surface area contributed by atoms with Gasteiger partial charge < -0.3 is 21.7 Å². The van der Waals surface area contributed by atoms with E-state index in [2.05, 4.69) is 73.7 Å². The van der Waals surface area contributed by atoms with Gasteiger partial charge in [0.2, 0.25) is 0 Å². The Hall–Kier alpha value is -2.29. The highest BCUT2D eigenvalue weighted by molar-refractivity contribution is 7.27. The van der Waals surface area contributed by atoms with Gasteiger partial charge in [0.1, 0.15) is 0 Å². The van der Waals surface area contributed by atoms with Crippen LogP contribution < -0.4 is 27.0 Å². The van der Waals surface area contributed by atoms with Crippen LogP contribution in [0.1, 0.15) is 42.5 Å². The number of rotatable bonds is 3. The zero-order valence-corrected chi connectivity index (χ0v) is 17.5. The highest BCUT2D eigenvalue weighted by Gasteiger charge is 2.23. The van der Waals surface area contributed by atoms with Gasteiger partial charge in [-0.2, -0.15) is 0 Å². The molecule has 2 unspecified atom stereocenters. The number of anilines is 1. The molecule has 2 aromatic carbocycles. The first-order chi connectivity index (χ1) is 13.6. The topological polar surface area (TPSA) is 62.1 Å². The van der Waals surface area contributed by atoms with E-state index in [1.165, 1.54) is 27.6 Å². The van der Waals surface area contributed by atoms with Crippen molar-refractivity contribution < 1.29 is 0 Å². The Morgan fingerprint density at radius 1 is 1.18 bits per heavy atom. The fraction of sp³-hybridized carbons (Fsp3) is 0.304. The number of allylic oxidation sites excluding steroid dienone is 1. The molecule has 5 N–H and O–H groups in total. The number of hydrogen-bond donors (Lipinski definition) is 4. The lowest BCUT2D eigenvalue weighted by atomic mass is 9.91. The summed E-state index contributed by atoms with van der Waals surface area (Å²) in [4.78, 5) is 0. The smallest absolute Gasteiger partial charge is 0.0605 e. The van der Waals surface area contributed by atoms with Gasteiger partial charge in [-0.1, -0.05) is 30.3 Å². The predicted molar refractivity (Wildman–Crippen MR) is 123 cm³/mol. The lowest BCUT2D eigenvalue weighted by Crippen LogP contribution is -2.20. The van der Waals surface area contributed by atoms with Crippen molar-refractivity contribution in [2.24, 2.45) is 5.73 Å². The van der Waals surface area contributed by atoms with Crippen molar-refractivity contribution >= 4 is 31.5 Å². The van der Waals surface area contributed by atoms with Crippen molar-refractivity contribution in [2.75, 3.05) is 25.0 Å². The first-order valence-electron chi connectivity index (χ1n) is 9.98. The number of fused-ring (bicyclic) bond motifs is 1. The predicted octanol–water partition coefficient (Wildman–Crippen LogP) is 3.36. The minimum absolute atomic E-state index is 0.230. The average molecular weight is 392 g/mol. The first kappa shape index (κ1) is 19.0. The molecular formula is C23H29N4P. The summed E-state index contributed by atoms with van der Waals surface area (Å²) < 4.78 is 0. The average Bonchev–Trinajstić information content (AvgIpc) is 2.88. The maximum Gasteiger partial charge on any atom is 0.0605 e. The largest absolute Gasteiger partial charge is 0.401 e. The monoisotopic (exact) mass is 392 g/mol. The lowest BCUT2D eigenvalue weighted by molar-refractivity contribution is 0.682. The van der Waals surface area contributed by atoms with E-state index < -0.39 is 0 Å². The van der Waals surface area contributed by atoms with Gasteiger partial charge >= 0.3 is 0 Å². The zero-order valence-electron chi connectivity index (χ0n) is 16.4. The molecule has 2 heterocycles. The third kappa shape index (κ3) is 4.09. The summed E-state index contributed by atoms with van der Waals surface area (Å²) in [5.74, 6) is 0. The Kier molecular flexibility index (Phi) is 5.70. The Morgan fingerprint density at radius 3 is 2.82 bits per heavy atom. The molecule has 0 saturated heterocycles. The fourth-order valence-electron chi connectivity index (χ4n) is 4.09. The van der Waals surface area contributed by atoms with Crippen LogP contribution in [0.4, 0.5) is 5.69 Å². The third-order valence-electron chi connectivity index (χ3n) is 5.49. The third-order valence-corrected chi connectivity index (χ3v) is 5.85. The van der Waals surface area contributed by atoms with Crippen molar-refractivity contribution in [1.82, 2.24) is 10.6 Å². The molecule has 0 bridgehead atoms. The number of nitrogens with one attached hydrogen (secondary N) is 3. The maximum atomic E-state index is 6.22. The molecule has 4 nitrogen and oxygen atoms in total. The molecule has 0 radical (unpaired) electrons. The molecule has 5 heteroatoms. The van der Waals surface area contributed by atoms with E-state index in [1.807, 2.05) is 6.92 Å². The molecule has 2 aliphatic heterocycles. The number of nitrogens with two attached hydrogens (primary N) is 1. The quantitative estimate of drug-likeness (QED) is 0.605. The number of benzene rings is 2. The van der Waals surface area contributed by atoms with Crippen molar-refractivity contribution in [1.29, 1.82) is 0 Å². The Labute approximate surface area is 169 Å². The second-order valence-electron chi connectivity index (χ2n) is 7.58. The molecule has 0 aliphatic carbocycles. The molecule has 4 rings (SSSR count). The molecule has 0 aromatic heterocycles. The van der Waals surface area contributed by atoms with Crippen LogP contribution in [-0.2, 0) is 0 Å². The van der Waals surface area contributed by atoms with Crippen molar-refractivity contribution in [3.8, 4) is 0 Å². The Bertz CT molecular complexity index is 928. The van der Waals surface area contributed by atoms with E-state index in [0.29, 0.717) is 0 Å². The van der Waals surface area contributed by atoms with Gasteiger partial charge in [-0.25, -0.2) is 0 Å². The fourth-order valence-corrected chi connectivity index (χ4v) is 4.38. The molecule has 0 saturated carbocycles. The van der Waals surface area contributed by atoms with E-state index in [-0.39, 0.29) is 6.04 Å². The van der Waals surface area contributed by atoms with Gasteiger partial charge in [0.25, 0.3) is 0 Å². The molecule has 0 fully saturated rings. The van der Waals surface area contributed by atoms with Gasteiger partial charge in [0, 0.05) is 30.0 Å². The lowest BCUT2D eigenvalue weighted by Gasteiger charge is -2.23. The molecule has 2 aliphatic rings. The SMILES string of the molecule is C/C(N)=C1/NCCC(Nc2cccc(P)c2)c2cc(C3=CCNCC3)ccc21. The highest BCUT2D eigenvalue weighted by atomic mass is 31.0. The van der Waals surface area contributed by atoms with Gasteiger partial charge in [0.15, 0.2) is 0 Å². The van der Waals surface area contributed by atoms with E-state index >= 15 is 0 Å². The van der Waals surface area contributed by atoms with Gasteiger partial charge in [-0.15, -0.1) is 9.24 Å². The number of hydrogen-bond acceptors (Lipinski definition) is 4. The molecule has 0 spiro atoms. The van der Waals surface area contributed by atoms with E-state index in [0.717, 1.165) is 49.6 Å². The van der Waals surface area contributed by atoms with Gasteiger partial charge in [-0.05, 0) is 66.5 Å². The second-order valence-corrected chi connectivity index (χ2v) is 8.25. The summed E-state index contributed by atoms with van der Waals surface area (Å²) in [6, 6.07) is 15.6. The normalized spacial score (nSPS) is 21.1. The summed E-state index contributed by atoms with van der Waals surface area (Å²) in [5, 5.41) is 11.9. The van der Waals surface area contributed by atoms with Crippen LogP contribution in [-0.4, -0.2) is 19.6 Å². The molecular weight excluding hydrogens is 363 g/mol. The molecule has 2 atom stereocenters. The Balaban J connectivity index is 1.77. The minimum Gasteiger partial charge on any atom is -0.401 e. The van der Waals surface area contributed by atoms with Crippen LogP contribution in [0.2, 0.25) is 0 Å². The zero-order chi connectivity index (χ0) is 19.5. The molecule has 2 aromatic rings. The standard InChI is InChI=1S/C23H29N4P/c1-15(24)23-20-6-5-17(16-7-10-25-11-8-16)13-21(20)22(9-12-26-23)27-18-3-2-4-19(28)14-18/h2-7,13-14,22,25-27H,8-12,24,28H2,1H3/b23-15-. The summed E-state index contributed by atoms with van der Waals surface area (Å²) in [5.41, 5.74) is 14.5. The Morgan fingerprint density at radius 2 is 2.07 bits per heavy atom. The first-order valence-corrected chi connectivity index (χ1v) is 10.6. The summed E-state index contributed by atoms with van der Waals surface area (Å²) in [7, 11) is 2.77. The molecule has 0 amide bonds. The minimum atomic E-state index is 0.230. The molecule has 146 valence electrons. The van der Waals surface area contributed by atoms with Crippen LogP contribution >= 0.6 is 9.24 Å². The maximum absolute atomic E-state index is 6.22. The van der Waals surface area contributed by atoms with Crippen LogP contribution in [0, 0.1) is 0 Å². The summed E-state index contributed by atoms with van der Waals surface area (Å²) in [6.45, 7) is 4.85. The van der Waals surface area contributed by atoms with Crippen molar-refractivity contribution in [3.05, 3.63) is 70.9 Å². The summed E-state index contributed by atoms with van der Waals surface area (Å²) in [6.07, 6.45) is 4.38. The van der Waals surface area contributed by atoms with Gasteiger partial charge in [0.05, 0.1) is 11.7 Å². The van der Waals surface area contributed by atoms with E-state index in [1.54, 1.807) is 0 Å². The van der Waals surface area contributed by atoms with Crippen molar-refractivity contribution in [3.63, 3.8) is 0 Å². The second kappa shape index (κ2) is 8.38. The van der Waals surface area contributed by atoms with Crippen LogP contribution in [0.5, 0.6) is 0 Å². The van der Waals surface area contributed by atoms with E-state index in [4.69, 9.17) is 5.73 Å². The van der Waals surface area contributed by atoms with Crippen LogP contribution in [0.15, 0.2) is 54.2 Å². The highest BCUT2D eigenvalue weighted by Crippen LogP contribution is 2.34. The van der Waals surface area contributed by atoms with Crippen molar-refractivity contribution in [2.45, 2.75) is 25.8 Å². The van der Waals surface area contributed by atoms with E-state index in [9.17, 15) is 0 Å². The van der Waals surface area contributed by atoms with Gasteiger partial charge in [-0.3, -0.25) is 0 Å². The van der Waals surface area contributed by atoms with Crippen LogP contribution in [0.25, 0.3) is 11.3 Å². The molecule has 28 heavy (non-hydrogen) atoms.